The van der Waals surface area contributed by atoms with Gasteiger partial charge in [-0.05, 0) is 30.1 Å². The molecule has 4 atom stereocenters. The van der Waals surface area contributed by atoms with Gasteiger partial charge in [-0.25, -0.2) is 4.79 Å². The maximum Gasteiger partial charge on any atom is 0.314 e. The monoisotopic (exact) mass is 178 g/mol. The number of carbonyl (C=O) groups excluding carboxylic acids is 1. The Bertz CT molecular complexity index is 269. The van der Waals surface area contributed by atoms with Crippen molar-refractivity contribution in [2.75, 3.05) is 7.05 Å². The van der Waals surface area contributed by atoms with Crippen LogP contribution in [0.4, 0.5) is 4.79 Å². The number of hydrogen-bond donors (Lipinski definition) is 2. The molecule has 2 bridgehead atoms. The second kappa shape index (κ2) is 2.28. The Kier molecular flexibility index (Phi) is 1.30. The molecule has 0 aromatic rings. The molecule has 2 saturated carbocycles. The highest BCUT2D eigenvalue weighted by atomic mass is 16.2. The fourth-order valence-corrected chi connectivity index (χ4v) is 3.21. The molecule has 3 rings (SSSR count). The van der Waals surface area contributed by atoms with E-state index in [1.54, 1.807) is 7.05 Å². The van der Waals surface area contributed by atoms with E-state index in [9.17, 15) is 4.79 Å². The van der Waals surface area contributed by atoms with Crippen LogP contribution in [0.1, 0.15) is 6.42 Å². The topological polar surface area (TPSA) is 41.1 Å². The Hall–Kier alpha value is -0.990. The molecule has 2 amide bonds. The van der Waals surface area contributed by atoms with Gasteiger partial charge >= 0.3 is 6.03 Å². The molecule has 0 saturated heterocycles. The van der Waals surface area contributed by atoms with Crippen LogP contribution in [0.5, 0.6) is 0 Å². The number of amides is 2. The summed E-state index contributed by atoms with van der Waals surface area (Å²) in [5.41, 5.74) is 0. The molecule has 0 aromatic carbocycles. The van der Waals surface area contributed by atoms with Gasteiger partial charge in [0.25, 0.3) is 0 Å². The van der Waals surface area contributed by atoms with Crippen LogP contribution in [0.15, 0.2) is 12.2 Å². The lowest BCUT2D eigenvalue weighted by molar-refractivity contribution is 0.240. The second-order valence-corrected chi connectivity index (χ2v) is 4.35. The molecular weight excluding hydrogens is 164 g/mol. The SMILES string of the molecule is CNC(=O)NC1C2C3C=CC(C3)C12. The first-order valence-corrected chi connectivity index (χ1v) is 4.98. The van der Waals surface area contributed by atoms with Gasteiger partial charge in [0.15, 0.2) is 0 Å². The highest BCUT2D eigenvalue weighted by Crippen LogP contribution is 2.62. The zero-order valence-corrected chi connectivity index (χ0v) is 7.66. The van der Waals surface area contributed by atoms with Crippen LogP contribution in [0.3, 0.4) is 0 Å². The number of hydrogen-bond acceptors (Lipinski definition) is 1. The zero-order valence-electron chi connectivity index (χ0n) is 7.66. The number of carbonyl (C=O) groups is 1. The third kappa shape index (κ3) is 0.872. The van der Waals surface area contributed by atoms with E-state index in [1.165, 1.54) is 6.42 Å². The van der Waals surface area contributed by atoms with Gasteiger partial charge in [0.05, 0.1) is 0 Å². The predicted octanol–water partition coefficient (Wildman–Crippen LogP) is 0.736. The van der Waals surface area contributed by atoms with Gasteiger partial charge in [0, 0.05) is 13.1 Å². The van der Waals surface area contributed by atoms with Crippen molar-refractivity contribution in [1.29, 1.82) is 0 Å². The summed E-state index contributed by atoms with van der Waals surface area (Å²) in [5.74, 6) is 3.04. The maximum absolute atomic E-state index is 11.1. The molecule has 70 valence electrons. The molecule has 3 aliphatic carbocycles. The van der Waals surface area contributed by atoms with E-state index in [1.807, 2.05) is 0 Å². The predicted molar refractivity (Wildman–Crippen MR) is 49.1 cm³/mol. The quantitative estimate of drug-likeness (QED) is 0.571. The lowest BCUT2D eigenvalue weighted by Crippen LogP contribution is -2.36. The van der Waals surface area contributed by atoms with E-state index in [4.69, 9.17) is 0 Å². The Balaban J connectivity index is 1.65. The summed E-state index contributed by atoms with van der Waals surface area (Å²) >= 11 is 0. The van der Waals surface area contributed by atoms with Crippen molar-refractivity contribution in [3.05, 3.63) is 12.2 Å². The highest BCUT2D eigenvalue weighted by Gasteiger charge is 2.63. The minimum atomic E-state index is -0.0289. The number of rotatable bonds is 1. The summed E-state index contributed by atoms with van der Waals surface area (Å²) in [6.45, 7) is 0. The van der Waals surface area contributed by atoms with E-state index < -0.39 is 0 Å². The molecule has 0 heterocycles. The Morgan fingerprint density at radius 3 is 2.46 bits per heavy atom. The van der Waals surface area contributed by atoms with Crippen LogP contribution in [0, 0.1) is 23.7 Å². The van der Waals surface area contributed by atoms with Crippen LogP contribution in [-0.4, -0.2) is 19.1 Å². The van der Waals surface area contributed by atoms with Crippen molar-refractivity contribution in [2.45, 2.75) is 12.5 Å². The van der Waals surface area contributed by atoms with Crippen molar-refractivity contribution in [2.24, 2.45) is 23.7 Å². The van der Waals surface area contributed by atoms with E-state index in [2.05, 4.69) is 22.8 Å². The fourth-order valence-electron chi connectivity index (χ4n) is 3.21. The number of fused-ring (bicyclic) bond motifs is 5. The van der Waals surface area contributed by atoms with E-state index >= 15 is 0 Å². The van der Waals surface area contributed by atoms with E-state index in [0.717, 1.165) is 23.7 Å². The first-order chi connectivity index (χ1) is 6.31. The van der Waals surface area contributed by atoms with Crippen LogP contribution in [-0.2, 0) is 0 Å². The van der Waals surface area contributed by atoms with Crippen molar-refractivity contribution >= 4 is 6.03 Å². The molecule has 3 nitrogen and oxygen atoms in total. The zero-order chi connectivity index (χ0) is 9.00. The van der Waals surface area contributed by atoms with E-state index in [0.29, 0.717) is 6.04 Å². The average molecular weight is 178 g/mol. The van der Waals surface area contributed by atoms with Crippen molar-refractivity contribution in [3.63, 3.8) is 0 Å². The molecule has 0 radical (unpaired) electrons. The average Bonchev–Trinajstić information content (AvgIpc) is 2.60. The van der Waals surface area contributed by atoms with Gasteiger partial charge in [0.1, 0.15) is 0 Å². The molecule has 0 spiro atoms. The summed E-state index contributed by atoms with van der Waals surface area (Å²) < 4.78 is 0. The molecular formula is C10H14N2O. The Morgan fingerprint density at radius 1 is 1.31 bits per heavy atom. The smallest absolute Gasteiger partial charge is 0.314 e. The second-order valence-electron chi connectivity index (χ2n) is 4.35. The van der Waals surface area contributed by atoms with Gasteiger partial charge in [0.2, 0.25) is 0 Å². The highest BCUT2D eigenvalue weighted by molar-refractivity contribution is 5.74. The number of allylic oxidation sites excluding steroid dienone is 2. The van der Waals surface area contributed by atoms with Crippen LogP contribution in [0.25, 0.3) is 0 Å². The maximum atomic E-state index is 11.1. The molecule has 13 heavy (non-hydrogen) atoms. The van der Waals surface area contributed by atoms with Gasteiger partial charge in [-0.3, -0.25) is 0 Å². The number of urea groups is 1. The first kappa shape index (κ1) is 7.42. The minimum absolute atomic E-state index is 0.0289. The molecule has 4 unspecified atom stereocenters. The summed E-state index contributed by atoms with van der Waals surface area (Å²) in [5, 5.41) is 5.62. The Morgan fingerprint density at radius 2 is 1.92 bits per heavy atom. The molecule has 0 aromatic heterocycles. The fraction of sp³-hybridized carbons (Fsp3) is 0.700. The Labute approximate surface area is 77.6 Å². The van der Waals surface area contributed by atoms with Crippen molar-refractivity contribution in [1.82, 2.24) is 10.6 Å². The summed E-state index contributed by atoms with van der Waals surface area (Å²) in [6.07, 6.45) is 6.00. The lowest BCUT2D eigenvalue weighted by atomic mass is 10.0. The van der Waals surface area contributed by atoms with Crippen LogP contribution in [0.2, 0.25) is 0 Å². The molecule has 3 aliphatic rings. The van der Waals surface area contributed by atoms with Gasteiger partial charge < -0.3 is 10.6 Å². The van der Waals surface area contributed by atoms with Crippen LogP contribution >= 0.6 is 0 Å². The minimum Gasteiger partial charge on any atom is -0.341 e. The third-order valence-corrected chi connectivity index (χ3v) is 3.80. The third-order valence-electron chi connectivity index (χ3n) is 3.80. The summed E-state index contributed by atoms with van der Waals surface area (Å²) in [6, 6.07) is 0.428. The first-order valence-electron chi connectivity index (χ1n) is 4.98. The number of nitrogens with one attached hydrogen (secondary N) is 2. The molecule has 3 heteroatoms. The normalized spacial score (nSPS) is 48.8. The van der Waals surface area contributed by atoms with Crippen molar-refractivity contribution < 1.29 is 4.79 Å². The van der Waals surface area contributed by atoms with Gasteiger partial charge in [-0.15, -0.1) is 0 Å². The largest absolute Gasteiger partial charge is 0.341 e. The van der Waals surface area contributed by atoms with Gasteiger partial charge in [-0.1, -0.05) is 12.2 Å². The summed E-state index contributed by atoms with van der Waals surface area (Å²) in [4.78, 5) is 11.1. The van der Waals surface area contributed by atoms with Crippen molar-refractivity contribution in [3.8, 4) is 0 Å². The standard InChI is InChI=1S/C10H14N2O/c1-11-10(13)12-9-7-5-2-3-6(4-5)8(7)9/h2-3,5-9H,4H2,1H3,(H2,11,12,13). The summed E-state index contributed by atoms with van der Waals surface area (Å²) in [7, 11) is 1.67. The molecule has 2 fully saturated rings. The van der Waals surface area contributed by atoms with Crippen LogP contribution < -0.4 is 10.6 Å². The van der Waals surface area contributed by atoms with E-state index in [-0.39, 0.29) is 6.03 Å². The van der Waals surface area contributed by atoms with Gasteiger partial charge in [-0.2, -0.15) is 0 Å². The molecule has 0 aliphatic heterocycles. The lowest BCUT2D eigenvalue weighted by Gasteiger charge is -2.09. The molecule has 2 N–H and O–H groups in total.